The number of benzene rings is 2. The molecule has 0 spiro atoms. The van der Waals surface area contributed by atoms with Gasteiger partial charge in [-0.3, -0.25) is 4.79 Å². The molecule has 2 aromatic rings. The highest BCUT2D eigenvalue weighted by Crippen LogP contribution is 2.42. The van der Waals surface area contributed by atoms with Gasteiger partial charge < -0.3 is 4.74 Å². The number of hydrogen-bond acceptors (Lipinski definition) is 2. The summed E-state index contributed by atoms with van der Waals surface area (Å²) in [5.41, 5.74) is 3.63. The van der Waals surface area contributed by atoms with E-state index in [9.17, 15) is 4.79 Å². The number of Topliss-reactive ketones (excluding diaryl/α,β-unsaturated/α-hetero) is 1. The molecule has 25 heavy (non-hydrogen) atoms. The van der Waals surface area contributed by atoms with Crippen molar-refractivity contribution in [3.8, 4) is 5.75 Å². The minimum Gasteiger partial charge on any atom is -0.497 e. The second-order valence-electron chi connectivity index (χ2n) is 7.63. The Bertz CT molecular complexity index is 754. The lowest BCUT2D eigenvalue weighted by Gasteiger charge is -2.18. The van der Waals surface area contributed by atoms with Crippen molar-refractivity contribution in [2.45, 2.75) is 33.1 Å². The lowest BCUT2D eigenvalue weighted by molar-refractivity contribution is 0.0963. The van der Waals surface area contributed by atoms with Crippen LogP contribution in [0.3, 0.4) is 0 Å². The molecule has 2 nitrogen and oxygen atoms in total. The molecule has 0 N–H and O–H groups in total. The number of carbonyl (C=O) groups excluding carboxylic acids is 1. The predicted octanol–water partition coefficient (Wildman–Crippen LogP) is 5.48. The molecule has 0 saturated heterocycles. The summed E-state index contributed by atoms with van der Waals surface area (Å²) in [6.45, 7) is 4.52. The van der Waals surface area contributed by atoms with Crippen LogP contribution in [0.2, 0.25) is 0 Å². The fraction of sp³-hybridized carbons (Fsp3) is 0.348. The lowest BCUT2D eigenvalue weighted by atomic mass is 9.85. The van der Waals surface area contributed by atoms with Gasteiger partial charge >= 0.3 is 0 Å². The quantitative estimate of drug-likeness (QED) is 0.516. The first-order valence-electron chi connectivity index (χ1n) is 8.90. The second-order valence-corrected chi connectivity index (χ2v) is 7.63. The molecule has 0 heterocycles. The van der Waals surface area contributed by atoms with Gasteiger partial charge in [0, 0.05) is 12.0 Å². The highest BCUT2D eigenvalue weighted by Gasteiger charge is 2.32. The van der Waals surface area contributed by atoms with Crippen molar-refractivity contribution in [1.82, 2.24) is 0 Å². The van der Waals surface area contributed by atoms with Crippen LogP contribution >= 0.6 is 0 Å². The summed E-state index contributed by atoms with van der Waals surface area (Å²) in [7, 11) is 1.68. The van der Waals surface area contributed by atoms with E-state index in [-0.39, 0.29) is 11.2 Å². The molecule has 2 heteroatoms. The van der Waals surface area contributed by atoms with Gasteiger partial charge in [0.15, 0.2) is 5.78 Å². The second kappa shape index (κ2) is 7.26. The van der Waals surface area contributed by atoms with Gasteiger partial charge in [0.2, 0.25) is 0 Å². The van der Waals surface area contributed by atoms with Crippen LogP contribution in [0.15, 0.2) is 66.2 Å². The summed E-state index contributed by atoms with van der Waals surface area (Å²) in [6, 6.07) is 17.9. The summed E-state index contributed by atoms with van der Waals surface area (Å²) in [5.74, 6) is 1.44. The molecule has 0 aliphatic heterocycles. The number of carbonyl (C=O) groups is 1. The largest absolute Gasteiger partial charge is 0.497 e. The Hall–Kier alpha value is -2.35. The summed E-state index contributed by atoms with van der Waals surface area (Å²) in [5, 5.41) is 0. The zero-order valence-electron chi connectivity index (χ0n) is 15.3. The smallest absolute Gasteiger partial charge is 0.163 e. The molecule has 3 rings (SSSR count). The highest BCUT2D eigenvalue weighted by molar-refractivity contribution is 5.96. The Morgan fingerprint density at radius 2 is 1.76 bits per heavy atom. The molecule has 0 saturated carbocycles. The molecule has 130 valence electrons. The normalized spacial score (nSPS) is 18.7. The van der Waals surface area contributed by atoms with Crippen molar-refractivity contribution in [3.05, 3.63) is 77.4 Å². The van der Waals surface area contributed by atoms with E-state index in [1.54, 1.807) is 7.11 Å². The molecule has 0 fully saturated rings. The maximum atomic E-state index is 12.6. The lowest BCUT2D eigenvalue weighted by Crippen LogP contribution is -2.12. The van der Waals surface area contributed by atoms with Crippen molar-refractivity contribution >= 4 is 5.78 Å². The van der Waals surface area contributed by atoms with Crippen LogP contribution in [-0.2, 0) is 6.42 Å². The number of allylic oxidation sites excluding steroid dienone is 2. The topological polar surface area (TPSA) is 26.3 Å². The van der Waals surface area contributed by atoms with Crippen molar-refractivity contribution in [2.24, 2.45) is 11.3 Å². The number of ketones is 1. The van der Waals surface area contributed by atoms with E-state index in [2.05, 4.69) is 32.1 Å². The Labute approximate surface area is 150 Å². The molecule has 1 atom stereocenters. The van der Waals surface area contributed by atoms with Gasteiger partial charge in [-0.25, -0.2) is 0 Å². The third-order valence-electron chi connectivity index (χ3n) is 4.97. The van der Waals surface area contributed by atoms with Crippen molar-refractivity contribution in [1.29, 1.82) is 0 Å². The third-order valence-corrected chi connectivity index (χ3v) is 4.97. The Kier molecular flexibility index (Phi) is 5.08. The van der Waals surface area contributed by atoms with E-state index >= 15 is 0 Å². The minimum absolute atomic E-state index is 0.156. The Morgan fingerprint density at radius 3 is 2.40 bits per heavy atom. The summed E-state index contributed by atoms with van der Waals surface area (Å²) < 4.78 is 5.24. The van der Waals surface area contributed by atoms with Gasteiger partial charge in [-0.15, -0.1) is 0 Å². The van der Waals surface area contributed by atoms with Crippen molar-refractivity contribution in [2.75, 3.05) is 7.11 Å². The first-order chi connectivity index (χ1) is 12.0. The van der Waals surface area contributed by atoms with Gasteiger partial charge in [-0.05, 0) is 41.9 Å². The van der Waals surface area contributed by atoms with Gasteiger partial charge in [0.25, 0.3) is 0 Å². The van der Waals surface area contributed by atoms with Crippen molar-refractivity contribution < 1.29 is 9.53 Å². The molecule has 2 aromatic carbocycles. The molecule has 0 radical (unpaired) electrons. The van der Waals surface area contributed by atoms with E-state index < -0.39 is 0 Å². The van der Waals surface area contributed by atoms with E-state index in [0.29, 0.717) is 12.3 Å². The minimum atomic E-state index is 0.156. The molecule has 1 aliphatic carbocycles. The molecule has 0 bridgehead atoms. The first-order valence-corrected chi connectivity index (χ1v) is 8.90. The van der Waals surface area contributed by atoms with E-state index in [0.717, 1.165) is 24.2 Å². The van der Waals surface area contributed by atoms with Gasteiger partial charge in [-0.1, -0.05) is 68.0 Å². The SMILES string of the molecule is COc1ccc(CC2=CC(C)(C)CC2CC(=O)c2ccccc2)cc1. The maximum Gasteiger partial charge on any atom is 0.163 e. The third kappa shape index (κ3) is 4.39. The predicted molar refractivity (Wildman–Crippen MR) is 102 cm³/mol. The number of ether oxygens (including phenoxy) is 1. The maximum absolute atomic E-state index is 12.6. The van der Waals surface area contributed by atoms with Crippen molar-refractivity contribution in [3.63, 3.8) is 0 Å². The van der Waals surface area contributed by atoms with E-state index in [1.807, 2.05) is 42.5 Å². The highest BCUT2D eigenvalue weighted by atomic mass is 16.5. The zero-order chi connectivity index (χ0) is 17.9. The van der Waals surface area contributed by atoms with Crippen LogP contribution in [0.4, 0.5) is 0 Å². The van der Waals surface area contributed by atoms with Gasteiger partial charge in [0.1, 0.15) is 5.75 Å². The van der Waals surface area contributed by atoms with Gasteiger partial charge in [0.05, 0.1) is 7.11 Å². The molecule has 0 aromatic heterocycles. The molecule has 1 aliphatic rings. The van der Waals surface area contributed by atoms with Crippen LogP contribution in [0.1, 0.15) is 42.6 Å². The zero-order valence-corrected chi connectivity index (χ0v) is 15.3. The average molecular weight is 334 g/mol. The van der Waals surface area contributed by atoms with E-state index in [1.165, 1.54) is 11.1 Å². The first kappa shape index (κ1) is 17.5. The van der Waals surface area contributed by atoms with Crippen LogP contribution < -0.4 is 4.74 Å². The average Bonchev–Trinajstić information content (AvgIpc) is 2.89. The Balaban J connectivity index is 1.74. The fourth-order valence-corrected chi connectivity index (χ4v) is 3.79. The number of hydrogen-bond donors (Lipinski definition) is 0. The van der Waals surface area contributed by atoms with Crippen LogP contribution in [0.5, 0.6) is 5.75 Å². The molecule has 1 unspecified atom stereocenters. The molecular weight excluding hydrogens is 308 g/mol. The van der Waals surface area contributed by atoms with Gasteiger partial charge in [-0.2, -0.15) is 0 Å². The number of methoxy groups -OCH3 is 1. The number of rotatable bonds is 6. The summed E-state index contributed by atoms with van der Waals surface area (Å²) in [6.07, 6.45) is 4.91. The summed E-state index contributed by atoms with van der Waals surface area (Å²) >= 11 is 0. The van der Waals surface area contributed by atoms with Crippen LogP contribution in [-0.4, -0.2) is 12.9 Å². The van der Waals surface area contributed by atoms with Crippen LogP contribution in [0.25, 0.3) is 0 Å². The summed E-state index contributed by atoms with van der Waals surface area (Å²) in [4.78, 5) is 12.6. The standard InChI is InChI=1S/C23H26O2/c1-23(2)15-19(13-17-9-11-21(25-3)12-10-17)20(16-23)14-22(24)18-7-5-4-6-8-18/h4-12,15,20H,13-14,16H2,1-3H3. The Morgan fingerprint density at radius 1 is 1.08 bits per heavy atom. The van der Waals surface area contributed by atoms with Crippen LogP contribution in [0, 0.1) is 11.3 Å². The molecule has 0 amide bonds. The van der Waals surface area contributed by atoms with E-state index in [4.69, 9.17) is 4.74 Å². The molecular formula is C23H26O2. The fourth-order valence-electron chi connectivity index (χ4n) is 3.79. The monoisotopic (exact) mass is 334 g/mol.